The van der Waals surface area contributed by atoms with Gasteiger partial charge in [-0.1, -0.05) is 25.9 Å². The van der Waals surface area contributed by atoms with Crippen molar-refractivity contribution in [1.29, 1.82) is 0 Å². The molecular formula is C20H37IN4O2. The molecule has 0 saturated heterocycles. The first-order valence-electron chi connectivity index (χ1n) is 9.94. The van der Waals surface area contributed by atoms with Crippen LogP contribution in [-0.4, -0.2) is 43.5 Å². The molecule has 1 aliphatic carbocycles. The van der Waals surface area contributed by atoms with Crippen molar-refractivity contribution in [2.45, 2.75) is 78.9 Å². The molecule has 1 heterocycles. The van der Waals surface area contributed by atoms with Crippen molar-refractivity contribution < 1.29 is 9.26 Å². The second-order valence-corrected chi connectivity index (χ2v) is 7.41. The van der Waals surface area contributed by atoms with Gasteiger partial charge in [0, 0.05) is 43.1 Å². The van der Waals surface area contributed by atoms with E-state index in [-0.39, 0.29) is 29.4 Å². The average Bonchev–Trinajstić information content (AvgIpc) is 2.96. The van der Waals surface area contributed by atoms with Gasteiger partial charge in [-0.15, -0.1) is 24.0 Å². The first-order chi connectivity index (χ1) is 12.4. The molecular weight excluding hydrogens is 455 g/mol. The molecule has 0 radical (unpaired) electrons. The monoisotopic (exact) mass is 492 g/mol. The van der Waals surface area contributed by atoms with Crippen LogP contribution < -0.4 is 10.6 Å². The van der Waals surface area contributed by atoms with Gasteiger partial charge >= 0.3 is 0 Å². The van der Waals surface area contributed by atoms with Crippen LogP contribution >= 0.6 is 24.0 Å². The number of hydrogen-bond donors (Lipinski definition) is 2. The number of nitrogens with one attached hydrogen (secondary N) is 2. The fourth-order valence-electron chi connectivity index (χ4n) is 4.49. The number of guanidine groups is 1. The Hall–Kier alpha value is -0.830. The van der Waals surface area contributed by atoms with Crippen LogP contribution in [0.4, 0.5) is 0 Å². The van der Waals surface area contributed by atoms with Crippen LogP contribution in [-0.2, 0) is 4.74 Å². The maximum Gasteiger partial charge on any atom is 0.191 e. The van der Waals surface area contributed by atoms with Gasteiger partial charge in [0.2, 0.25) is 0 Å². The van der Waals surface area contributed by atoms with Crippen molar-refractivity contribution in [3.8, 4) is 0 Å². The van der Waals surface area contributed by atoms with E-state index in [1.165, 1.54) is 5.56 Å². The Bertz CT molecular complexity index is 594. The zero-order chi connectivity index (χ0) is 19.3. The standard InChI is InChI=1S/C20H36N4O2.HI/c1-8-20(9-2)16(11-17(20)25-10-3)23-19(21-7)22-12-13(4)18-14(5)24-26-15(18)6;/h13,16-17H,8-12H2,1-7H3,(H2,21,22,23);1H. The Kier molecular flexibility index (Phi) is 9.54. The van der Waals surface area contributed by atoms with Gasteiger partial charge in [-0.25, -0.2) is 0 Å². The third-order valence-electron chi connectivity index (χ3n) is 6.16. The molecule has 3 atom stereocenters. The van der Waals surface area contributed by atoms with E-state index in [1.807, 2.05) is 20.9 Å². The van der Waals surface area contributed by atoms with E-state index in [1.54, 1.807) is 0 Å². The van der Waals surface area contributed by atoms with Crippen LogP contribution in [0.5, 0.6) is 0 Å². The van der Waals surface area contributed by atoms with Gasteiger partial charge in [-0.05, 0) is 40.0 Å². The van der Waals surface area contributed by atoms with E-state index >= 15 is 0 Å². The van der Waals surface area contributed by atoms with Gasteiger partial charge in [0.05, 0.1) is 11.8 Å². The van der Waals surface area contributed by atoms with Gasteiger partial charge < -0.3 is 19.9 Å². The normalized spacial score (nSPS) is 22.6. The van der Waals surface area contributed by atoms with Crippen LogP contribution in [0, 0.1) is 19.3 Å². The molecule has 0 amide bonds. The second-order valence-electron chi connectivity index (χ2n) is 7.41. The molecule has 3 unspecified atom stereocenters. The van der Waals surface area contributed by atoms with Gasteiger partial charge in [0.1, 0.15) is 5.76 Å². The van der Waals surface area contributed by atoms with Crippen LogP contribution in [0.25, 0.3) is 0 Å². The van der Waals surface area contributed by atoms with Crippen molar-refractivity contribution in [3.05, 3.63) is 17.0 Å². The molecule has 0 spiro atoms. The molecule has 2 rings (SSSR count). The highest BCUT2D eigenvalue weighted by molar-refractivity contribution is 14.0. The van der Waals surface area contributed by atoms with Gasteiger partial charge in [0.15, 0.2) is 5.96 Å². The smallest absolute Gasteiger partial charge is 0.191 e. The number of hydrogen-bond acceptors (Lipinski definition) is 4. The van der Waals surface area contributed by atoms with Crippen LogP contribution in [0.1, 0.15) is 69.9 Å². The topological polar surface area (TPSA) is 71.7 Å². The zero-order valence-electron chi connectivity index (χ0n) is 17.9. The van der Waals surface area contributed by atoms with Crippen LogP contribution in [0.15, 0.2) is 9.52 Å². The maximum atomic E-state index is 5.98. The highest BCUT2D eigenvalue weighted by atomic mass is 127. The molecule has 1 aliphatic rings. The highest BCUT2D eigenvalue weighted by Gasteiger charge is 2.53. The lowest BCUT2D eigenvalue weighted by Crippen LogP contribution is -2.65. The summed E-state index contributed by atoms with van der Waals surface area (Å²) in [5, 5.41) is 11.2. The molecule has 2 N–H and O–H groups in total. The highest BCUT2D eigenvalue weighted by Crippen LogP contribution is 2.48. The Morgan fingerprint density at radius 3 is 2.48 bits per heavy atom. The molecule has 0 bridgehead atoms. The lowest BCUT2D eigenvalue weighted by Gasteiger charge is -2.55. The molecule has 27 heavy (non-hydrogen) atoms. The SMILES string of the molecule is CCOC1CC(NC(=NC)NCC(C)c2c(C)noc2C)C1(CC)CC.I. The summed E-state index contributed by atoms with van der Waals surface area (Å²) in [5.74, 6) is 2.06. The molecule has 0 aliphatic heterocycles. The Morgan fingerprint density at radius 1 is 1.33 bits per heavy atom. The van der Waals surface area contributed by atoms with Gasteiger partial charge in [-0.2, -0.15) is 0 Å². The minimum absolute atomic E-state index is 0. The summed E-state index contributed by atoms with van der Waals surface area (Å²) >= 11 is 0. The molecule has 1 fully saturated rings. The third kappa shape index (κ3) is 4.96. The first kappa shape index (κ1) is 24.2. The summed E-state index contributed by atoms with van der Waals surface area (Å²) in [6, 6.07) is 0.398. The molecule has 0 aromatic carbocycles. The molecule has 1 saturated carbocycles. The Balaban J connectivity index is 0.00000364. The van der Waals surface area contributed by atoms with E-state index in [4.69, 9.17) is 9.26 Å². The number of aromatic nitrogens is 1. The van der Waals surface area contributed by atoms with Gasteiger partial charge in [-0.3, -0.25) is 4.99 Å². The average molecular weight is 492 g/mol. The van der Waals surface area contributed by atoms with Crippen molar-refractivity contribution in [1.82, 2.24) is 15.8 Å². The fourth-order valence-corrected chi connectivity index (χ4v) is 4.49. The summed E-state index contributed by atoms with van der Waals surface area (Å²) in [7, 11) is 1.83. The number of nitrogens with zero attached hydrogens (tertiary/aromatic N) is 2. The minimum atomic E-state index is 0. The quantitative estimate of drug-likeness (QED) is 0.324. The minimum Gasteiger partial charge on any atom is -0.378 e. The van der Waals surface area contributed by atoms with Gasteiger partial charge in [0.25, 0.3) is 0 Å². The summed E-state index contributed by atoms with van der Waals surface area (Å²) < 4.78 is 11.3. The summed E-state index contributed by atoms with van der Waals surface area (Å²) in [6.07, 6.45) is 3.60. The number of aryl methyl sites for hydroxylation is 2. The second kappa shape index (κ2) is 10.6. The van der Waals surface area contributed by atoms with Crippen molar-refractivity contribution in [2.75, 3.05) is 20.2 Å². The van der Waals surface area contributed by atoms with E-state index in [2.05, 4.69) is 48.5 Å². The van der Waals surface area contributed by atoms with E-state index in [9.17, 15) is 0 Å². The van der Waals surface area contributed by atoms with Crippen LogP contribution in [0.2, 0.25) is 0 Å². The molecule has 6 nitrogen and oxygen atoms in total. The predicted octanol–water partition coefficient (Wildman–Crippen LogP) is 4.16. The Morgan fingerprint density at radius 2 is 2.00 bits per heavy atom. The number of ether oxygens (including phenoxy) is 1. The van der Waals surface area contributed by atoms with E-state index < -0.39 is 0 Å². The van der Waals surface area contributed by atoms with Crippen LogP contribution in [0.3, 0.4) is 0 Å². The Labute approximate surface area is 181 Å². The molecule has 7 heteroatoms. The fraction of sp³-hybridized carbons (Fsp3) is 0.800. The summed E-state index contributed by atoms with van der Waals surface area (Å²) in [6.45, 7) is 14.3. The summed E-state index contributed by atoms with van der Waals surface area (Å²) in [5.41, 5.74) is 2.35. The first-order valence-corrected chi connectivity index (χ1v) is 9.94. The zero-order valence-corrected chi connectivity index (χ0v) is 20.2. The molecule has 156 valence electrons. The van der Waals surface area contributed by atoms with Crippen molar-refractivity contribution in [2.24, 2.45) is 10.4 Å². The van der Waals surface area contributed by atoms with E-state index in [0.29, 0.717) is 18.1 Å². The third-order valence-corrected chi connectivity index (χ3v) is 6.16. The molecule has 1 aromatic rings. The number of aliphatic imine (C=N–C) groups is 1. The van der Waals surface area contributed by atoms with Crippen molar-refractivity contribution >= 4 is 29.9 Å². The van der Waals surface area contributed by atoms with Crippen molar-refractivity contribution in [3.63, 3.8) is 0 Å². The van der Waals surface area contributed by atoms with E-state index in [0.717, 1.165) is 49.8 Å². The lowest BCUT2D eigenvalue weighted by molar-refractivity contribution is -0.133. The lowest BCUT2D eigenvalue weighted by atomic mass is 9.58. The molecule has 1 aromatic heterocycles. The number of halogens is 1. The summed E-state index contributed by atoms with van der Waals surface area (Å²) in [4.78, 5) is 4.43. The number of rotatable bonds is 8. The maximum absolute atomic E-state index is 5.98. The predicted molar refractivity (Wildman–Crippen MR) is 121 cm³/mol. The largest absolute Gasteiger partial charge is 0.378 e.